The van der Waals surface area contributed by atoms with Gasteiger partial charge in [-0.1, -0.05) is 0 Å². The first-order valence-corrected chi connectivity index (χ1v) is 7.39. The van der Waals surface area contributed by atoms with Gasteiger partial charge in [0.05, 0.1) is 24.9 Å². The van der Waals surface area contributed by atoms with Crippen molar-refractivity contribution in [2.75, 3.05) is 5.32 Å². The Morgan fingerprint density at radius 2 is 2.12 bits per heavy atom. The number of carbonyl (C=O) groups is 3. The molecule has 3 N–H and O–H groups in total. The van der Waals surface area contributed by atoms with Gasteiger partial charge in [0.15, 0.2) is 5.69 Å². The molecule has 24 heavy (non-hydrogen) atoms. The molecule has 2 amide bonds. The Kier molecular flexibility index (Phi) is 5.72. The van der Waals surface area contributed by atoms with Gasteiger partial charge >= 0.3 is 5.97 Å². The molecule has 0 spiro atoms. The topological polar surface area (TPSA) is 126 Å². The molecule has 0 fully saturated rings. The Balaban J connectivity index is 2.04. The highest BCUT2D eigenvalue weighted by molar-refractivity contribution is 6.02. The maximum atomic E-state index is 12.3. The molecule has 0 aliphatic carbocycles. The lowest BCUT2D eigenvalue weighted by molar-refractivity contribution is -0.138. The smallest absolute Gasteiger partial charge is 0.303 e. The molecule has 0 saturated carbocycles. The third-order valence-electron chi connectivity index (χ3n) is 3.14. The van der Waals surface area contributed by atoms with Crippen LogP contribution in [0.3, 0.4) is 0 Å². The minimum Gasteiger partial charge on any atom is -0.481 e. The van der Waals surface area contributed by atoms with Crippen LogP contribution in [0, 0.1) is 0 Å². The molecule has 128 valence electrons. The maximum Gasteiger partial charge on any atom is 0.303 e. The SMILES string of the molecule is CCn1cc(NC(=O)CCC(=O)O)c(C(=O)NCc2ccco2)n1. The number of nitrogens with zero attached hydrogens (tertiary/aromatic N) is 2. The zero-order valence-electron chi connectivity index (χ0n) is 13.1. The van der Waals surface area contributed by atoms with E-state index < -0.39 is 17.8 Å². The van der Waals surface area contributed by atoms with E-state index in [4.69, 9.17) is 9.52 Å². The molecule has 2 aromatic heterocycles. The van der Waals surface area contributed by atoms with Crippen molar-refractivity contribution in [3.8, 4) is 0 Å². The van der Waals surface area contributed by atoms with E-state index in [1.54, 1.807) is 12.1 Å². The number of carboxylic acids is 1. The first-order valence-electron chi connectivity index (χ1n) is 7.39. The van der Waals surface area contributed by atoms with Gasteiger partial charge in [0.1, 0.15) is 5.76 Å². The summed E-state index contributed by atoms with van der Waals surface area (Å²) >= 11 is 0. The van der Waals surface area contributed by atoms with Gasteiger partial charge in [0, 0.05) is 19.2 Å². The van der Waals surface area contributed by atoms with Crippen LogP contribution in [0.2, 0.25) is 0 Å². The standard InChI is InChI=1S/C15H18N4O5/c1-2-19-9-11(17-12(20)5-6-13(21)22)14(18-19)15(23)16-8-10-4-3-7-24-10/h3-4,7,9H,2,5-6,8H2,1H3,(H,16,23)(H,17,20)(H,21,22). The van der Waals surface area contributed by atoms with Gasteiger partial charge < -0.3 is 20.2 Å². The van der Waals surface area contributed by atoms with E-state index in [0.717, 1.165) is 0 Å². The molecule has 0 radical (unpaired) electrons. The average molecular weight is 334 g/mol. The molecule has 9 heteroatoms. The molecule has 0 unspecified atom stereocenters. The molecule has 0 aromatic carbocycles. The van der Waals surface area contributed by atoms with Gasteiger partial charge in [0.25, 0.3) is 5.91 Å². The normalized spacial score (nSPS) is 10.4. The number of anilines is 1. The van der Waals surface area contributed by atoms with E-state index >= 15 is 0 Å². The van der Waals surface area contributed by atoms with Gasteiger partial charge in [-0.2, -0.15) is 5.10 Å². The largest absolute Gasteiger partial charge is 0.481 e. The molecule has 0 saturated heterocycles. The van der Waals surface area contributed by atoms with Crippen molar-refractivity contribution >= 4 is 23.5 Å². The minimum absolute atomic E-state index is 0.0621. The second-order valence-electron chi connectivity index (χ2n) is 4.95. The molecule has 2 aromatic rings. The van der Waals surface area contributed by atoms with E-state index in [9.17, 15) is 14.4 Å². The third-order valence-corrected chi connectivity index (χ3v) is 3.14. The van der Waals surface area contributed by atoms with Crippen molar-refractivity contribution in [3.05, 3.63) is 36.0 Å². The van der Waals surface area contributed by atoms with Crippen LogP contribution in [0.15, 0.2) is 29.0 Å². The summed E-state index contributed by atoms with van der Waals surface area (Å²) in [5.41, 5.74) is 0.302. The van der Waals surface area contributed by atoms with Crippen molar-refractivity contribution in [2.24, 2.45) is 0 Å². The van der Waals surface area contributed by atoms with Crippen LogP contribution >= 0.6 is 0 Å². The summed E-state index contributed by atoms with van der Waals surface area (Å²) in [5.74, 6) is -1.43. The number of rotatable bonds is 8. The lowest BCUT2D eigenvalue weighted by Gasteiger charge is -2.05. The van der Waals surface area contributed by atoms with Crippen molar-refractivity contribution < 1.29 is 23.9 Å². The fourth-order valence-electron chi connectivity index (χ4n) is 1.94. The van der Waals surface area contributed by atoms with Gasteiger partial charge in [-0.3, -0.25) is 19.1 Å². The highest BCUT2D eigenvalue weighted by Gasteiger charge is 2.19. The molecule has 0 atom stereocenters. The van der Waals surface area contributed by atoms with Gasteiger partial charge in [-0.25, -0.2) is 0 Å². The number of aryl methyl sites for hydroxylation is 1. The van der Waals surface area contributed by atoms with Crippen molar-refractivity contribution in [3.63, 3.8) is 0 Å². The summed E-state index contributed by atoms with van der Waals surface area (Å²) in [6, 6.07) is 3.43. The first-order chi connectivity index (χ1) is 11.5. The average Bonchev–Trinajstić information content (AvgIpc) is 3.20. The third kappa shape index (κ3) is 4.70. The summed E-state index contributed by atoms with van der Waals surface area (Å²) in [4.78, 5) is 34.5. The molecule has 0 aliphatic rings. The van der Waals surface area contributed by atoms with Crippen LogP contribution in [0.4, 0.5) is 5.69 Å². The number of hydrogen-bond donors (Lipinski definition) is 3. The Bertz CT molecular complexity index is 720. The van der Waals surface area contributed by atoms with Crippen molar-refractivity contribution in [2.45, 2.75) is 32.9 Å². The van der Waals surface area contributed by atoms with Gasteiger partial charge in [-0.15, -0.1) is 0 Å². The van der Waals surface area contributed by atoms with Crippen LogP contribution in [0.25, 0.3) is 0 Å². The second-order valence-corrected chi connectivity index (χ2v) is 4.95. The highest BCUT2D eigenvalue weighted by atomic mass is 16.4. The summed E-state index contributed by atoms with van der Waals surface area (Å²) in [7, 11) is 0. The number of nitrogens with one attached hydrogen (secondary N) is 2. The van der Waals surface area contributed by atoms with E-state index in [2.05, 4.69) is 15.7 Å². The predicted octanol–water partition coefficient (Wildman–Crippen LogP) is 1.23. The molecular formula is C15H18N4O5. The number of aliphatic carboxylic acids is 1. The molecule has 0 aliphatic heterocycles. The monoisotopic (exact) mass is 334 g/mol. The Morgan fingerprint density at radius 1 is 1.33 bits per heavy atom. The molecule has 2 rings (SSSR count). The van der Waals surface area contributed by atoms with Crippen LogP contribution in [-0.4, -0.2) is 32.7 Å². The fraction of sp³-hybridized carbons (Fsp3) is 0.333. The Hall–Kier alpha value is -3.10. The lowest BCUT2D eigenvalue weighted by atomic mass is 10.2. The fourth-order valence-corrected chi connectivity index (χ4v) is 1.94. The maximum absolute atomic E-state index is 12.3. The zero-order chi connectivity index (χ0) is 17.5. The number of aromatic nitrogens is 2. The molecule has 0 bridgehead atoms. The summed E-state index contributed by atoms with van der Waals surface area (Å²) in [5, 5.41) is 17.9. The first kappa shape index (κ1) is 17.3. The summed E-state index contributed by atoms with van der Waals surface area (Å²) < 4.78 is 6.64. The van der Waals surface area contributed by atoms with Crippen molar-refractivity contribution in [1.29, 1.82) is 0 Å². The number of carboxylic acid groups (broad SMARTS) is 1. The summed E-state index contributed by atoms with van der Waals surface area (Å²) in [6.45, 7) is 2.55. The summed E-state index contributed by atoms with van der Waals surface area (Å²) in [6.07, 6.45) is 2.57. The number of furan rings is 1. The number of carbonyl (C=O) groups excluding carboxylic acids is 2. The zero-order valence-corrected chi connectivity index (χ0v) is 13.1. The molecule has 9 nitrogen and oxygen atoms in total. The highest BCUT2D eigenvalue weighted by Crippen LogP contribution is 2.15. The second kappa shape index (κ2) is 7.95. The Morgan fingerprint density at radius 3 is 2.75 bits per heavy atom. The van der Waals surface area contributed by atoms with E-state index in [-0.39, 0.29) is 30.8 Å². The number of hydrogen-bond acceptors (Lipinski definition) is 5. The van der Waals surface area contributed by atoms with Gasteiger partial charge in [-0.05, 0) is 19.1 Å². The van der Waals surface area contributed by atoms with Gasteiger partial charge in [0.2, 0.25) is 5.91 Å². The number of amides is 2. The van der Waals surface area contributed by atoms with E-state index in [0.29, 0.717) is 12.3 Å². The van der Waals surface area contributed by atoms with Crippen LogP contribution in [-0.2, 0) is 22.7 Å². The molecular weight excluding hydrogens is 316 g/mol. The van der Waals surface area contributed by atoms with Crippen LogP contribution in [0.1, 0.15) is 36.0 Å². The van der Waals surface area contributed by atoms with Crippen LogP contribution in [0.5, 0.6) is 0 Å². The Labute approximate surface area is 137 Å². The van der Waals surface area contributed by atoms with Crippen LogP contribution < -0.4 is 10.6 Å². The van der Waals surface area contributed by atoms with E-state index in [1.165, 1.54) is 17.1 Å². The van der Waals surface area contributed by atoms with Crippen molar-refractivity contribution in [1.82, 2.24) is 15.1 Å². The minimum atomic E-state index is -1.06. The van der Waals surface area contributed by atoms with E-state index in [1.807, 2.05) is 6.92 Å². The lowest BCUT2D eigenvalue weighted by Crippen LogP contribution is -2.25. The quantitative estimate of drug-likeness (QED) is 0.666. The predicted molar refractivity (Wildman–Crippen MR) is 83.3 cm³/mol. The molecule has 2 heterocycles.